The van der Waals surface area contributed by atoms with Crippen molar-refractivity contribution in [2.24, 2.45) is 0 Å². The van der Waals surface area contributed by atoms with E-state index in [9.17, 15) is 13.2 Å². The third kappa shape index (κ3) is 3.56. The van der Waals surface area contributed by atoms with Crippen LogP contribution in [0.15, 0.2) is 17.8 Å². The van der Waals surface area contributed by atoms with E-state index in [1.54, 1.807) is 6.20 Å². The van der Waals surface area contributed by atoms with Crippen LogP contribution < -0.4 is 5.32 Å². The van der Waals surface area contributed by atoms with Gasteiger partial charge >= 0.3 is 0 Å². The minimum absolute atomic E-state index is 0.0988. The van der Waals surface area contributed by atoms with Crippen molar-refractivity contribution in [3.05, 3.63) is 23.5 Å². The third-order valence-electron chi connectivity index (χ3n) is 2.72. The zero-order valence-electron chi connectivity index (χ0n) is 11.2. The predicted molar refractivity (Wildman–Crippen MR) is 77.3 cm³/mol. The summed E-state index contributed by atoms with van der Waals surface area (Å²) in [6.07, 6.45) is 3.82. The van der Waals surface area contributed by atoms with Crippen LogP contribution in [0.5, 0.6) is 0 Å². The van der Waals surface area contributed by atoms with Gasteiger partial charge in [0.25, 0.3) is 0 Å². The summed E-state index contributed by atoms with van der Waals surface area (Å²) in [5, 5.41) is 4.50. The molecule has 0 radical (unpaired) electrons. The molecule has 0 aliphatic carbocycles. The number of fused-ring (bicyclic) bond motifs is 1. The van der Waals surface area contributed by atoms with Gasteiger partial charge in [-0.1, -0.05) is 0 Å². The Hall–Kier alpha value is -1.45. The van der Waals surface area contributed by atoms with Crippen LogP contribution in [0.1, 0.15) is 5.69 Å². The molecule has 2 rings (SSSR count). The molecule has 0 saturated carbocycles. The van der Waals surface area contributed by atoms with Crippen molar-refractivity contribution < 1.29 is 13.2 Å². The highest BCUT2D eigenvalue weighted by molar-refractivity contribution is 7.89. The van der Waals surface area contributed by atoms with Crippen molar-refractivity contribution >= 4 is 32.2 Å². The number of thiazole rings is 1. The molecule has 2 heterocycles. The van der Waals surface area contributed by atoms with Crippen LogP contribution in [0, 0.1) is 0 Å². The lowest BCUT2D eigenvalue weighted by Crippen LogP contribution is -2.34. The van der Waals surface area contributed by atoms with Crippen molar-refractivity contribution in [3.63, 3.8) is 0 Å². The topological polar surface area (TPSA) is 83.8 Å². The number of nitrogens with zero attached hydrogens (tertiary/aromatic N) is 3. The lowest BCUT2D eigenvalue weighted by Gasteiger charge is -2.11. The molecule has 1 amide bonds. The third-order valence-corrected chi connectivity index (χ3v) is 5.33. The maximum atomic E-state index is 11.7. The molecule has 2 aromatic heterocycles. The SMILES string of the molecule is CN(C)S(=O)(=O)CCNC(=O)Cc1cn2ccsc2n1. The maximum absolute atomic E-state index is 11.7. The van der Waals surface area contributed by atoms with E-state index in [4.69, 9.17) is 0 Å². The van der Waals surface area contributed by atoms with Gasteiger partial charge in [0, 0.05) is 38.4 Å². The van der Waals surface area contributed by atoms with Crippen LogP contribution in [0.4, 0.5) is 0 Å². The summed E-state index contributed by atoms with van der Waals surface area (Å²) in [6.45, 7) is 0.0988. The second-order valence-corrected chi connectivity index (χ2v) is 7.63. The fourth-order valence-electron chi connectivity index (χ4n) is 1.59. The molecule has 1 N–H and O–H groups in total. The van der Waals surface area contributed by atoms with E-state index >= 15 is 0 Å². The van der Waals surface area contributed by atoms with E-state index in [0.29, 0.717) is 5.69 Å². The van der Waals surface area contributed by atoms with Gasteiger partial charge in [0.1, 0.15) is 0 Å². The summed E-state index contributed by atoms with van der Waals surface area (Å²) >= 11 is 1.49. The summed E-state index contributed by atoms with van der Waals surface area (Å²) in [5.74, 6) is -0.339. The fraction of sp³-hybridized carbons (Fsp3) is 0.455. The summed E-state index contributed by atoms with van der Waals surface area (Å²) in [5.41, 5.74) is 0.671. The second kappa shape index (κ2) is 5.90. The molecule has 0 aliphatic heterocycles. The van der Waals surface area contributed by atoms with Gasteiger partial charge in [-0.15, -0.1) is 11.3 Å². The molecule has 0 atom stereocenters. The van der Waals surface area contributed by atoms with E-state index in [1.807, 2.05) is 16.0 Å². The highest BCUT2D eigenvalue weighted by Gasteiger charge is 2.14. The lowest BCUT2D eigenvalue weighted by molar-refractivity contribution is -0.120. The molecule has 0 bridgehead atoms. The summed E-state index contributed by atoms with van der Waals surface area (Å²) < 4.78 is 26.0. The number of rotatable bonds is 6. The van der Waals surface area contributed by atoms with Crippen molar-refractivity contribution in [3.8, 4) is 0 Å². The van der Waals surface area contributed by atoms with Gasteiger partial charge in [-0.2, -0.15) is 0 Å². The van der Waals surface area contributed by atoms with Gasteiger partial charge in [-0.25, -0.2) is 17.7 Å². The molecule has 0 saturated heterocycles. The first-order valence-corrected chi connectivity index (χ1v) is 8.45. The van der Waals surface area contributed by atoms with E-state index in [0.717, 1.165) is 9.27 Å². The monoisotopic (exact) mass is 316 g/mol. The summed E-state index contributed by atoms with van der Waals surface area (Å²) in [7, 11) is -0.343. The molecule has 0 spiro atoms. The Bertz CT molecular complexity index is 674. The Kier molecular flexibility index (Phi) is 4.41. The van der Waals surface area contributed by atoms with Gasteiger partial charge < -0.3 is 5.32 Å². The lowest BCUT2D eigenvalue weighted by atomic mass is 10.3. The summed E-state index contributed by atoms with van der Waals surface area (Å²) in [6, 6.07) is 0. The maximum Gasteiger partial charge on any atom is 0.226 e. The van der Waals surface area contributed by atoms with Crippen LogP contribution in [0.2, 0.25) is 0 Å². The van der Waals surface area contributed by atoms with Crippen LogP contribution >= 0.6 is 11.3 Å². The van der Waals surface area contributed by atoms with Gasteiger partial charge in [0.15, 0.2) is 4.96 Å². The standard InChI is InChI=1S/C11H16N4O3S2/c1-14(2)20(17,18)6-3-12-10(16)7-9-8-15-4-5-19-11(15)13-9/h4-5,8H,3,6-7H2,1-2H3,(H,12,16). The normalized spacial score (nSPS) is 12.2. The molecular weight excluding hydrogens is 300 g/mol. The average molecular weight is 316 g/mol. The number of hydrogen-bond donors (Lipinski definition) is 1. The molecule has 0 aromatic carbocycles. The Morgan fingerprint density at radius 3 is 2.90 bits per heavy atom. The highest BCUT2D eigenvalue weighted by atomic mass is 32.2. The Balaban J connectivity index is 1.83. The van der Waals surface area contributed by atoms with Crippen molar-refractivity contribution in [1.29, 1.82) is 0 Å². The minimum Gasteiger partial charge on any atom is -0.355 e. The predicted octanol–water partition coefficient (Wildman–Crippen LogP) is -0.0541. The van der Waals surface area contributed by atoms with E-state index < -0.39 is 10.0 Å². The number of imidazole rings is 1. The molecule has 7 nitrogen and oxygen atoms in total. The fourth-order valence-corrected chi connectivity index (χ4v) is 3.03. The van der Waals surface area contributed by atoms with Crippen molar-refractivity contribution in [1.82, 2.24) is 19.0 Å². The number of aromatic nitrogens is 2. The Morgan fingerprint density at radius 2 is 2.25 bits per heavy atom. The second-order valence-electron chi connectivity index (χ2n) is 4.45. The molecular formula is C11H16N4O3S2. The number of nitrogens with one attached hydrogen (secondary N) is 1. The molecule has 0 unspecified atom stereocenters. The van der Waals surface area contributed by atoms with Crippen LogP contribution in [-0.2, 0) is 21.2 Å². The minimum atomic E-state index is -3.28. The van der Waals surface area contributed by atoms with Crippen LogP contribution in [0.25, 0.3) is 4.96 Å². The largest absolute Gasteiger partial charge is 0.355 e. The molecule has 20 heavy (non-hydrogen) atoms. The van der Waals surface area contributed by atoms with Gasteiger partial charge in [-0.05, 0) is 0 Å². The Labute approximate surface area is 121 Å². The van der Waals surface area contributed by atoms with Crippen LogP contribution in [0.3, 0.4) is 0 Å². The first kappa shape index (κ1) is 14.9. The number of carbonyl (C=O) groups is 1. The van der Waals surface area contributed by atoms with Crippen molar-refractivity contribution in [2.45, 2.75) is 6.42 Å². The number of hydrogen-bond acceptors (Lipinski definition) is 5. The number of amides is 1. The zero-order valence-corrected chi connectivity index (χ0v) is 12.9. The zero-order chi connectivity index (χ0) is 14.8. The number of carbonyl (C=O) groups excluding carboxylic acids is 1. The molecule has 0 fully saturated rings. The first-order valence-electron chi connectivity index (χ1n) is 5.96. The smallest absolute Gasteiger partial charge is 0.226 e. The van der Waals surface area contributed by atoms with Gasteiger partial charge in [0.05, 0.1) is 17.9 Å². The molecule has 2 aromatic rings. The number of sulfonamides is 1. The van der Waals surface area contributed by atoms with Crippen LogP contribution in [-0.4, -0.2) is 54.4 Å². The van der Waals surface area contributed by atoms with Gasteiger partial charge in [0.2, 0.25) is 15.9 Å². The van der Waals surface area contributed by atoms with E-state index in [-0.39, 0.29) is 24.6 Å². The summed E-state index contributed by atoms with van der Waals surface area (Å²) in [4.78, 5) is 16.8. The van der Waals surface area contributed by atoms with Gasteiger partial charge in [-0.3, -0.25) is 9.20 Å². The molecule has 9 heteroatoms. The molecule has 0 aliphatic rings. The Morgan fingerprint density at radius 1 is 1.50 bits per heavy atom. The first-order chi connectivity index (χ1) is 9.38. The molecule has 110 valence electrons. The average Bonchev–Trinajstić information content (AvgIpc) is 2.88. The van der Waals surface area contributed by atoms with E-state index in [2.05, 4.69) is 10.3 Å². The quantitative estimate of drug-likeness (QED) is 0.809. The van der Waals surface area contributed by atoms with E-state index in [1.165, 1.54) is 25.4 Å². The van der Waals surface area contributed by atoms with Crippen molar-refractivity contribution in [2.75, 3.05) is 26.4 Å². The highest BCUT2D eigenvalue weighted by Crippen LogP contribution is 2.11.